The molecule has 24 heavy (non-hydrogen) atoms. The molecule has 1 fully saturated rings. The van der Waals surface area contributed by atoms with Gasteiger partial charge < -0.3 is 15.4 Å². The van der Waals surface area contributed by atoms with Gasteiger partial charge in [0.2, 0.25) is 5.91 Å². The molecule has 0 heterocycles. The number of rotatable bonds is 6. The van der Waals surface area contributed by atoms with Crippen LogP contribution in [0.25, 0.3) is 0 Å². The van der Waals surface area contributed by atoms with Gasteiger partial charge in [0.1, 0.15) is 0 Å². The average molecular weight is 353 g/mol. The Bertz CT molecular complexity index is 571. The molecule has 0 aromatic heterocycles. The van der Waals surface area contributed by atoms with Gasteiger partial charge in [-0.25, -0.2) is 4.79 Å². The SMILES string of the molecule is CCOC(=O)NCCNC(=O)C1(c2cccc(Cl)c2)CCCCC1. The molecule has 0 unspecified atom stereocenters. The fourth-order valence-electron chi connectivity index (χ4n) is 3.28. The van der Waals surface area contributed by atoms with Crippen molar-refractivity contribution < 1.29 is 14.3 Å². The van der Waals surface area contributed by atoms with E-state index in [4.69, 9.17) is 16.3 Å². The van der Waals surface area contributed by atoms with Crippen molar-refractivity contribution in [3.8, 4) is 0 Å². The first-order valence-corrected chi connectivity index (χ1v) is 8.91. The predicted molar refractivity (Wildman–Crippen MR) is 94.2 cm³/mol. The van der Waals surface area contributed by atoms with Crippen LogP contribution in [0.4, 0.5) is 4.79 Å². The number of benzene rings is 1. The zero-order valence-electron chi connectivity index (χ0n) is 14.1. The van der Waals surface area contributed by atoms with E-state index in [-0.39, 0.29) is 5.91 Å². The first-order chi connectivity index (χ1) is 11.6. The summed E-state index contributed by atoms with van der Waals surface area (Å²) in [6, 6.07) is 7.59. The van der Waals surface area contributed by atoms with Gasteiger partial charge in [-0.2, -0.15) is 0 Å². The number of carbonyl (C=O) groups is 2. The van der Waals surface area contributed by atoms with E-state index in [1.807, 2.05) is 24.3 Å². The molecule has 0 spiro atoms. The van der Waals surface area contributed by atoms with Crippen molar-refractivity contribution in [2.45, 2.75) is 44.4 Å². The molecular weight excluding hydrogens is 328 g/mol. The Morgan fingerprint density at radius 3 is 2.54 bits per heavy atom. The third kappa shape index (κ3) is 4.63. The molecule has 0 saturated heterocycles. The van der Waals surface area contributed by atoms with Crippen LogP contribution in [0, 0.1) is 0 Å². The molecule has 1 aliphatic rings. The van der Waals surface area contributed by atoms with Crippen LogP contribution in [-0.2, 0) is 14.9 Å². The van der Waals surface area contributed by atoms with E-state index in [9.17, 15) is 9.59 Å². The molecule has 1 aliphatic carbocycles. The molecular formula is C18H25ClN2O3. The molecule has 2 amide bonds. The highest BCUT2D eigenvalue weighted by Crippen LogP contribution is 2.40. The van der Waals surface area contributed by atoms with Gasteiger partial charge in [-0.05, 0) is 37.5 Å². The van der Waals surface area contributed by atoms with Crippen molar-refractivity contribution in [3.63, 3.8) is 0 Å². The topological polar surface area (TPSA) is 67.4 Å². The molecule has 2 N–H and O–H groups in total. The van der Waals surface area contributed by atoms with Crippen molar-refractivity contribution in [1.82, 2.24) is 10.6 Å². The second-order valence-corrected chi connectivity index (χ2v) is 6.49. The minimum atomic E-state index is -0.521. The summed E-state index contributed by atoms with van der Waals surface area (Å²) >= 11 is 6.13. The molecule has 0 atom stereocenters. The van der Waals surface area contributed by atoms with Gasteiger partial charge >= 0.3 is 6.09 Å². The Balaban J connectivity index is 2.00. The third-order valence-corrected chi connectivity index (χ3v) is 4.71. The Kier molecular flexibility index (Phi) is 6.91. The number of nitrogens with one attached hydrogen (secondary N) is 2. The summed E-state index contributed by atoms with van der Waals surface area (Å²) in [6.07, 6.45) is 4.39. The summed E-state index contributed by atoms with van der Waals surface area (Å²) < 4.78 is 4.79. The number of halogens is 1. The van der Waals surface area contributed by atoms with Crippen molar-refractivity contribution >= 4 is 23.6 Å². The van der Waals surface area contributed by atoms with Gasteiger partial charge in [0, 0.05) is 18.1 Å². The quantitative estimate of drug-likeness (QED) is 0.771. The van der Waals surface area contributed by atoms with Gasteiger partial charge in [-0.1, -0.05) is 43.0 Å². The van der Waals surface area contributed by atoms with Gasteiger partial charge in [-0.3, -0.25) is 4.79 Å². The zero-order valence-corrected chi connectivity index (χ0v) is 14.8. The number of hydrogen-bond acceptors (Lipinski definition) is 3. The van der Waals surface area contributed by atoms with E-state index in [1.54, 1.807) is 6.92 Å². The van der Waals surface area contributed by atoms with Gasteiger partial charge in [0.05, 0.1) is 12.0 Å². The summed E-state index contributed by atoms with van der Waals surface area (Å²) in [5, 5.41) is 6.21. The van der Waals surface area contributed by atoms with E-state index in [0.29, 0.717) is 24.7 Å². The highest BCUT2D eigenvalue weighted by Gasteiger charge is 2.40. The lowest BCUT2D eigenvalue weighted by Crippen LogP contribution is -2.47. The summed E-state index contributed by atoms with van der Waals surface area (Å²) in [5.74, 6) is 0.00938. The van der Waals surface area contributed by atoms with E-state index in [2.05, 4.69) is 10.6 Å². The fraction of sp³-hybridized carbons (Fsp3) is 0.556. The molecule has 0 radical (unpaired) electrons. The summed E-state index contributed by atoms with van der Waals surface area (Å²) in [6.45, 7) is 2.80. The van der Waals surface area contributed by atoms with Crippen molar-refractivity contribution in [2.75, 3.05) is 19.7 Å². The summed E-state index contributed by atoms with van der Waals surface area (Å²) in [4.78, 5) is 24.2. The second kappa shape index (κ2) is 8.92. The number of carbonyl (C=O) groups excluding carboxylic acids is 2. The Morgan fingerprint density at radius 2 is 1.88 bits per heavy atom. The molecule has 1 aromatic carbocycles. The van der Waals surface area contributed by atoms with Crippen LogP contribution in [0.15, 0.2) is 24.3 Å². The lowest BCUT2D eigenvalue weighted by molar-refractivity contribution is -0.128. The highest BCUT2D eigenvalue weighted by molar-refractivity contribution is 6.30. The van der Waals surface area contributed by atoms with Crippen LogP contribution in [-0.4, -0.2) is 31.7 Å². The monoisotopic (exact) mass is 352 g/mol. The molecule has 1 saturated carbocycles. The van der Waals surface area contributed by atoms with E-state index < -0.39 is 11.5 Å². The minimum absolute atomic E-state index is 0.00938. The highest BCUT2D eigenvalue weighted by atomic mass is 35.5. The van der Waals surface area contributed by atoms with Crippen LogP contribution < -0.4 is 10.6 Å². The smallest absolute Gasteiger partial charge is 0.407 e. The van der Waals surface area contributed by atoms with Crippen LogP contribution in [0.2, 0.25) is 5.02 Å². The van der Waals surface area contributed by atoms with Gasteiger partial charge in [-0.15, -0.1) is 0 Å². The normalized spacial score (nSPS) is 16.2. The number of ether oxygens (including phenoxy) is 1. The minimum Gasteiger partial charge on any atom is -0.450 e. The van der Waals surface area contributed by atoms with Crippen LogP contribution >= 0.6 is 11.6 Å². The predicted octanol–water partition coefficient (Wildman–Crippen LogP) is 3.40. The largest absolute Gasteiger partial charge is 0.450 e. The van der Waals surface area contributed by atoms with Crippen LogP contribution in [0.5, 0.6) is 0 Å². The lowest BCUT2D eigenvalue weighted by Gasteiger charge is -2.36. The second-order valence-electron chi connectivity index (χ2n) is 6.06. The van der Waals surface area contributed by atoms with Crippen LogP contribution in [0.3, 0.4) is 0 Å². The number of amides is 2. The van der Waals surface area contributed by atoms with E-state index in [1.165, 1.54) is 0 Å². The maximum atomic E-state index is 12.9. The molecule has 0 bridgehead atoms. The van der Waals surface area contributed by atoms with Gasteiger partial charge in [0.15, 0.2) is 0 Å². The summed E-state index contributed by atoms with van der Waals surface area (Å²) in [5.41, 5.74) is 0.457. The summed E-state index contributed by atoms with van der Waals surface area (Å²) in [7, 11) is 0. The lowest BCUT2D eigenvalue weighted by atomic mass is 9.68. The Hall–Kier alpha value is -1.75. The van der Waals surface area contributed by atoms with Crippen molar-refractivity contribution in [2.24, 2.45) is 0 Å². The Morgan fingerprint density at radius 1 is 1.17 bits per heavy atom. The number of hydrogen-bond donors (Lipinski definition) is 2. The van der Waals surface area contributed by atoms with E-state index >= 15 is 0 Å². The zero-order chi connectivity index (χ0) is 17.4. The molecule has 132 valence electrons. The first-order valence-electron chi connectivity index (χ1n) is 8.53. The standard InChI is InChI=1S/C18H25ClN2O3/c1-2-24-17(23)21-12-11-20-16(22)18(9-4-3-5-10-18)14-7-6-8-15(19)13-14/h6-8,13H,2-5,9-12H2,1H3,(H,20,22)(H,21,23). The van der Waals surface area contributed by atoms with E-state index in [0.717, 1.165) is 37.7 Å². The molecule has 5 nitrogen and oxygen atoms in total. The molecule has 2 rings (SSSR count). The van der Waals surface area contributed by atoms with Crippen molar-refractivity contribution in [1.29, 1.82) is 0 Å². The molecule has 1 aromatic rings. The number of alkyl carbamates (subject to hydrolysis) is 1. The fourth-order valence-corrected chi connectivity index (χ4v) is 3.47. The average Bonchev–Trinajstić information content (AvgIpc) is 2.59. The maximum absolute atomic E-state index is 12.9. The molecule has 6 heteroatoms. The third-order valence-electron chi connectivity index (χ3n) is 4.47. The van der Waals surface area contributed by atoms with Crippen molar-refractivity contribution in [3.05, 3.63) is 34.9 Å². The first kappa shape index (κ1) is 18.6. The Labute approximate surface area is 148 Å². The maximum Gasteiger partial charge on any atom is 0.407 e. The van der Waals surface area contributed by atoms with Gasteiger partial charge in [0.25, 0.3) is 0 Å². The molecule has 0 aliphatic heterocycles. The van der Waals surface area contributed by atoms with Crippen LogP contribution in [0.1, 0.15) is 44.6 Å².